The standard InChI is InChI=1S/C26H19Cl2IN2O5S/c1-31-24(32)22(37-26(31)30-18-7-4-15(5-8-18)25(33)34)11-14-9-20(29)23(21(10-14)35-2)36-13-16-3-6-17(27)12-19(16)28/h3-12H,13H2,1-2H3,(H,33,34). The Morgan fingerprint density at radius 2 is 1.89 bits per heavy atom. The van der Waals surface area contributed by atoms with Crippen LogP contribution in [0.5, 0.6) is 11.5 Å². The van der Waals surface area contributed by atoms with Gasteiger partial charge in [-0.3, -0.25) is 9.69 Å². The molecule has 1 saturated heterocycles. The van der Waals surface area contributed by atoms with Gasteiger partial charge in [0.05, 0.1) is 26.8 Å². The lowest BCUT2D eigenvalue weighted by Gasteiger charge is -2.14. The molecule has 37 heavy (non-hydrogen) atoms. The second-order valence-corrected chi connectivity index (χ2v) is 10.8. The quantitative estimate of drug-likeness (QED) is 0.213. The molecule has 4 rings (SSSR count). The maximum atomic E-state index is 12.9. The summed E-state index contributed by atoms with van der Waals surface area (Å²) in [5, 5.41) is 10.6. The van der Waals surface area contributed by atoms with E-state index in [0.29, 0.717) is 37.3 Å². The number of amidine groups is 1. The first kappa shape index (κ1) is 27.3. The first-order valence-corrected chi connectivity index (χ1v) is 13.4. The van der Waals surface area contributed by atoms with Crippen LogP contribution in [0.25, 0.3) is 6.08 Å². The number of ether oxygens (including phenoxy) is 2. The van der Waals surface area contributed by atoms with Crippen molar-refractivity contribution in [1.29, 1.82) is 0 Å². The van der Waals surface area contributed by atoms with Gasteiger partial charge >= 0.3 is 5.97 Å². The third-order valence-corrected chi connectivity index (χ3v) is 7.73. The number of carbonyl (C=O) groups is 2. The third-order valence-electron chi connectivity index (χ3n) is 5.28. The topological polar surface area (TPSA) is 88.4 Å². The van der Waals surface area contributed by atoms with Crippen molar-refractivity contribution in [3.05, 3.63) is 89.8 Å². The summed E-state index contributed by atoms with van der Waals surface area (Å²) >= 11 is 15.6. The largest absolute Gasteiger partial charge is 0.493 e. The van der Waals surface area contributed by atoms with E-state index in [2.05, 4.69) is 27.6 Å². The molecule has 0 aliphatic carbocycles. The zero-order valence-corrected chi connectivity index (χ0v) is 24.0. The van der Waals surface area contributed by atoms with E-state index in [1.165, 1.54) is 28.8 Å². The van der Waals surface area contributed by atoms with Crippen molar-refractivity contribution in [3.63, 3.8) is 0 Å². The van der Waals surface area contributed by atoms with Crippen LogP contribution in [0, 0.1) is 3.57 Å². The number of amides is 1. The molecule has 0 saturated carbocycles. The predicted molar refractivity (Wildman–Crippen MR) is 155 cm³/mol. The molecule has 7 nitrogen and oxygen atoms in total. The molecule has 3 aromatic rings. The number of halogens is 3. The van der Waals surface area contributed by atoms with Gasteiger partial charge in [-0.2, -0.15) is 0 Å². The van der Waals surface area contributed by atoms with Crippen molar-refractivity contribution < 1.29 is 24.2 Å². The van der Waals surface area contributed by atoms with Crippen LogP contribution in [0.1, 0.15) is 21.5 Å². The summed E-state index contributed by atoms with van der Waals surface area (Å²) in [6.45, 7) is 0.231. The van der Waals surface area contributed by atoms with Crippen molar-refractivity contribution in [2.45, 2.75) is 6.61 Å². The number of rotatable bonds is 7. The molecule has 0 radical (unpaired) electrons. The van der Waals surface area contributed by atoms with Crippen LogP contribution in [0.15, 0.2) is 64.5 Å². The van der Waals surface area contributed by atoms with E-state index in [-0.39, 0.29) is 18.1 Å². The summed E-state index contributed by atoms with van der Waals surface area (Å²) < 4.78 is 12.4. The van der Waals surface area contributed by atoms with Gasteiger partial charge in [0.15, 0.2) is 16.7 Å². The Morgan fingerprint density at radius 3 is 2.54 bits per heavy atom. The molecule has 0 aromatic heterocycles. The van der Waals surface area contributed by atoms with Crippen molar-refractivity contribution >= 4 is 86.4 Å². The highest BCUT2D eigenvalue weighted by Crippen LogP contribution is 2.38. The van der Waals surface area contributed by atoms with Gasteiger partial charge in [-0.1, -0.05) is 29.3 Å². The highest BCUT2D eigenvalue weighted by Gasteiger charge is 2.30. The summed E-state index contributed by atoms with van der Waals surface area (Å²) in [4.78, 5) is 30.4. The molecule has 190 valence electrons. The van der Waals surface area contributed by atoms with Crippen LogP contribution in [0.2, 0.25) is 10.0 Å². The SMILES string of the molecule is COc1cc(C=C2SC(=Nc3ccc(C(=O)O)cc3)N(C)C2=O)cc(I)c1OCc1ccc(Cl)cc1Cl. The van der Waals surface area contributed by atoms with Gasteiger partial charge in [0, 0.05) is 22.7 Å². The average Bonchev–Trinajstić information content (AvgIpc) is 3.12. The molecule has 0 spiro atoms. The van der Waals surface area contributed by atoms with Crippen LogP contribution >= 0.6 is 57.6 Å². The fraction of sp³-hybridized carbons (Fsp3) is 0.115. The van der Waals surface area contributed by atoms with E-state index in [4.69, 9.17) is 37.8 Å². The van der Waals surface area contributed by atoms with Crippen molar-refractivity contribution in [2.24, 2.45) is 4.99 Å². The van der Waals surface area contributed by atoms with Gasteiger partial charge in [-0.05, 0) is 94.5 Å². The number of hydrogen-bond acceptors (Lipinski definition) is 6. The van der Waals surface area contributed by atoms with Gasteiger partial charge in [0.25, 0.3) is 5.91 Å². The molecule has 3 aromatic carbocycles. The van der Waals surface area contributed by atoms with Crippen LogP contribution in [0.3, 0.4) is 0 Å². The summed E-state index contributed by atoms with van der Waals surface area (Å²) in [6, 6.07) is 15.0. The number of carboxylic acids is 1. The molecule has 1 heterocycles. The Kier molecular flexibility index (Phi) is 8.68. The first-order valence-electron chi connectivity index (χ1n) is 10.7. The lowest BCUT2D eigenvalue weighted by molar-refractivity contribution is -0.121. The number of methoxy groups -OCH3 is 1. The molecule has 1 amide bonds. The lowest BCUT2D eigenvalue weighted by atomic mass is 10.1. The summed E-state index contributed by atoms with van der Waals surface area (Å²) in [5.41, 5.74) is 2.26. The number of carbonyl (C=O) groups excluding carboxylic acids is 1. The minimum atomic E-state index is -1.01. The van der Waals surface area contributed by atoms with E-state index in [1.807, 2.05) is 12.1 Å². The van der Waals surface area contributed by atoms with Gasteiger partial charge in [-0.15, -0.1) is 0 Å². The number of hydrogen-bond donors (Lipinski definition) is 1. The lowest BCUT2D eigenvalue weighted by Crippen LogP contribution is -2.23. The van der Waals surface area contributed by atoms with E-state index < -0.39 is 5.97 Å². The van der Waals surface area contributed by atoms with Crippen LogP contribution in [-0.2, 0) is 11.4 Å². The predicted octanol–water partition coefficient (Wildman–Crippen LogP) is 7.12. The molecule has 1 aliphatic heterocycles. The average molecular weight is 669 g/mol. The molecule has 1 fully saturated rings. The maximum absolute atomic E-state index is 12.9. The molecular weight excluding hydrogens is 650 g/mol. The van der Waals surface area contributed by atoms with Crippen molar-refractivity contribution in [2.75, 3.05) is 14.2 Å². The van der Waals surface area contributed by atoms with Gasteiger partial charge in [-0.25, -0.2) is 9.79 Å². The minimum Gasteiger partial charge on any atom is -0.493 e. The van der Waals surface area contributed by atoms with E-state index >= 15 is 0 Å². The number of aliphatic imine (C=N–C) groups is 1. The van der Waals surface area contributed by atoms with Gasteiger partial charge < -0.3 is 14.6 Å². The monoisotopic (exact) mass is 668 g/mol. The molecule has 11 heteroatoms. The van der Waals surface area contributed by atoms with E-state index in [1.54, 1.807) is 50.6 Å². The number of likely N-dealkylation sites (N-methyl/N-ethyl adjacent to an activating group) is 1. The van der Waals surface area contributed by atoms with Crippen molar-refractivity contribution in [1.82, 2.24) is 4.90 Å². The summed E-state index contributed by atoms with van der Waals surface area (Å²) in [7, 11) is 3.19. The Bertz CT molecular complexity index is 1440. The first-order chi connectivity index (χ1) is 17.7. The van der Waals surface area contributed by atoms with Crippen LogP contribution in [-0.4, -0.2) is 41.2 Å². The van der Waals surface area contributed by atoms with E-state index in [9.17, 15) is 9.59 Å². The smallest absolute Gasteiger partial charge is 0.335 e. The normalized spacial score (nSPS) is 15.5. The molecule has 0 bridgehead atoms. The number of nitrogens with zero attached hydrogens (tertiary/aromatic N) is 2. The fourth-order valence-corrected chi connectivity index (χ4v) is 5.57. The second kappa shape index (κ2) is 11.8. The van der Waals surface area contributed by atoms with Gasteiger partial charge in [0.1, 0.15) is 6.61 Å². The molecule has 1 N–H and O–H groups in total. The summed E-state index contributed by atoms with van der Waals surface area (Å²) in [6.07, 6.45) is 1.77. The highest BCUT2D eigenvalue weighted by atomic mass is 127. The van der Waals surface area contributed by atoms with Gasteiger partial charge in [0.2, 0.25) is 0 Å². The van der Waals surface area contributed by atoms with E-state index in [0.717, 1.165) is 14.7 Å². The Labute approximate surface area is 241 Å². The molecular formula is C26H19Cl2IN2O5S. The van der Waals surface area contributed by atoms with Crippen LogP contribution in [0.4, 0.5) is 5.69 Å². The van der Waals surface area contributed by atoms with Crippen molar-refractivity contribution in [3.8, 4) is 11.5 Å². The third kappa shape index (κ3) is 6.40. The zero-order chi connectivity index (χ0) is 26.7. The summed E-state index contributed by atoms with van der Waals surface area (Å²) in [5.74, 6) is -0.134. The Morgan fingerprint density at radius 1 is 1.16 bits per heavy atom. The Balaban J connectivity index is 1.55. The zero-order valence-electron chi connectivity index (χ0n) is 19.5. The number of benzene rings is 3. The highest BCUT2D eigenvalue weighted by molar-refractivity contribution is 14.1. The number of thioether (sulfide) groups is 1. The number of carboxylic acid groups (broad SMARTS) is 1. The molecule has 0 atom stereocenters. The Hall–Kier alpha value is -2.73. The minimum absolute atomic E-state index is 0.167. The van der Waals surface area contributed by atoms with Crippen LogP contribution < -0.4 is 9.47 Å². The second-order valence-electron chi connectivity index (χ2n) is 7.78. The number of aromatic carboxylic acids is 1. The fourth-order valence-electron chi connectivity index (χ4n) is 3.34. The molecule has 1 aliphatic rings. The maximum Gasteiger partial charge on any atom is 0.335 e. The molecule has 0 unspecified atom stereocenters.